The van der Waals surface area contributed by atoms with Gasteiger partial charge in [-0.3, -0.25) is 4.79 Å². The SMILES string of the molecule is COc1cc(F)c(C2CNC(=O)C2Nc2nnc(-c3ccc(Oc4ncccc4F)cc3)o2)c(F)c1. The molecular weight excluding hydrogens is 479 g/mol. The monoisotopic (exact) mass is 497 g/mol. The second-order valence-corrected chi connectivity index (χ2v) is 7.81. The summed E-state index contributed by atoms with van der Waals surface area (Å²) in [6.07, 6.45) is 1.41. The molecule has 1 saturated heterocycles. The molecule has 184 valence electrons. The molecule has 1 aliphatic heterocycles. The highest BCUT2D eigenvalue weighted by atomic mass is 19.1. The van der Waals surface area contributed by atoms with E-state index in [1.807, 2.05) is 0 Å². The number of ether oxygens (including phenoxy) is 2. The van der Waals surface area contributed by atoms with Crippen molar-refractivity contribution in [1.29, 1.82) is 0 Å². The summed E-state index contributed by atoms with van der Waals surface area (Å²) < 4.78 is 58.9. The van der Waals surface area contributed by atoms with Gasteiger partial charge in [0.1, 0.15) is 29.2 Å². The van der Waals surface area contributed by atoms with Gasteiger partial charge in [0.2, 0.25) is 11.8 Å². The van der Waals surface area contributed by atoms with Gasteiger partial charge in [0.25, 0.3) is 5.88 Å². The number of carbonyl (C=O) groups excluding carboxylic acids is 1. The summed E-state index contributed by atoms with van der Waals surface area (Å²) in [7, 11) is 1.30. The van der Waals surface area contributed by atoms with Crippen LogP contribution >= 0.6 is 0 Å². The van der Waals surface area contributed by atoms with Crippen LogP contribution in [0.1, 0.15) is 11.5 Å². The molecule has 2 aromatic heterocycles. The fourth-order valence-corrected chi connectivity index (χ4v) is 3.84. The van der Waals surface area contributed by atoms with Crippen LogP contribution in [0.4, 0.5) is 19.2 Å². The smallest absolute Gasteiger partial charge is 0.316 e. The van der Waals surface area contributed by atoms with Gasteiger partial charge in [0.15, 0.2) is 5.82 Å². The number of nitrogens with one attached hydrogen (secondary N) is 2. The number of aromatic nitrogens is 3. The molecule has 0 saturated carbocycles. The van der Waals surface area contributed by atoms with Crippen LogP contribution in [0.25, 0.3) is 11.5 Å². The molecule has 36 heavy (non-hydrogen) atoms. The maximum atomic E-state index is 14.6. The average Bonchev–Trinajstić information content (AvgIpc) is 3.48. The minimum Gasteiger partial charge on any atom is -0.497 e. The van der Waals surface area contributed by atoms with Gasteiger partial charge in [-0.1, -0.05) is 5.10 Å². The van der Waals surface area contributed by atoms with E-state index in [1.165, 1.54) is 25.4 Å². The lowest BCUT2D eigenvalue weighted by Gasteiger charge is -2.19. The molecule has 2 atom stereocenters. The Morgan fingerprint density at radius 3 is 2.47 bits per heavy atom. The molecule has 4 aromatic rings. The van der Waals surface area contributed by atoms with E-state index in [4.69, 9.17) is 13.9 Å². The maximum absolute atomic E-state index is 14.6. The summed E-state index contributed by atoms with van der Waals surface area (Å²) in [5.74, 6) is -3.30. The van der Waals surface area contributed by atoms with E-state index < -0.39 is 35.3 Å². The lowest BCUT2D eigenvalue weighted by Crippen LogP contribution is -2.33. The third kappa shape index (κ3) is 4.52. The fraction of sp³-hybridized carbons (Fsp3) is 0.167. The standard InChI is InChI=1S/C24H18F3N5O4/c1-34-14-9-17(26)19(18(27)10-14)15-11-29-21(33)20(15)30-24-32-31-22(36-24)12-4-6-13(7-5-12)35-23-16(25)3-2-8-28-23/h2-10,15,20H,11H2,1H3,(H,29,33)(H,30,32). The van der Waals surface area contributed by atoms with Crippen LogP contribution in [0.5, 0.6) is 17.4 Å². The molecular formula is C24H18F3N5O4. The van der Waals surface area contributed by atoms with E-state index >= 15 is 0 Å². The number of rotatable bonds is 7. The molecule has 1 amide bonds. The van der Waals surface area contributed by atoms with Crippen LogP contribution in [0, 0.1) is 17.5 Å². The molecule has 0 spiro atoms. The first-order chi connectivity index (χ1) is 17.4. The van der Waals surface area contributed by atoms with Crippen molar-refractivity contribution in [3.8, 4) is 28.8 Å². The summed E-state index contributed by atoms with van der Waals surface area (Å²) in [6.45, 7) is 0.00991. The van der Waals surface area contributed by atoms with Crippen LogP contribution in [-0.2, 0) is 4.79 Å². The number of pyridine rings is 1. The number of anilines is 1. The molecule has 2 unspecified atom stereocenters. The first-order valence-corrected chi connectivity index (χ1v) is 10.7. The van der Waals surface area contributed by atoms with E-state index in [9.17, 15) is 18.0 Å². The van der Waals surface area contributed by atoms with E-state index in [2.05, 4.69) is 25.8 Å². The van der Waals surface area contributed by atoms with Crippen molar-refractivity contribution in [3.63, 3.8) is 0 Å². The van der Waals surface area contributed by atoms with Crippen molar-refractivity contribution in [2.45, 2.75) is 12.0 Å². The van der Waals surface area contributed by atoms with Gasteiger partial charge >= 0.3 is 6.01 Å². The van der Waals surface area contributed by atoms with Crippen molar-refractivity contribution >= 4 is 11.9 Å². The highest BCUT2D eigenvalue weighted by Gasteiger charge is 2.40. The van der Waals surface area contributed by atoms with Gasteiger partial charge in [-0.25, -0.2) is 18.2 Å². The minimum atomic E-state index is -1.06. The third-order valence-electron chi connectivity index (χ3n) is 5.58. The minimum absolute atomic E-state index is 0.00991. The number of nitrogens with zero attached hydrogens (tertiary/aromatic N) is 3. The second kappa shape index (κ2) is 9.56. The Morgan fingerprint density at radius 2 is 1.78 bits per heavy atom. The first kappa shape index (κ1) is 23.1. The molecule has 9 nitrogen and oxygen atoms in total. The van der Waals surface area contributed by atoms with Gasteiger partial charge < -0.3 is 24.5 Å². The van der Waals surface area contributed by atoms with Gasteiger partial charge in [-0.2, -0.15) is 0 Å². The normalized spacial score (nSPS) is 17.1. The number of hydrogen-bond acceptors (Lipinski definition) is 8. The number of methoxy groups -OCH3 is 1. The zero-order valence-corrected chi connectivity index (χ0v) is 18.7. The van der Waals surface area contributed by atoms with Crippen molar-refractivity contribution in [3.05, 3.63) is 77.7 Å². The van der Waals surface area contributed by atoms with Gasteiger partial charge in [0.05, 0.1) is 7.11 Å². The topological polar surface area (TPSA) is 111 Å². The number of amides is 1. The molecule has 0 radical (unpaired) electrons. The lowest BCUT2D eigenvalue weighted by molar-refractivity contribution is -0.119. The molecule has 0 aliphatic carbocycles. The Labute approximate surface area is 202 Å². The molecule has 1 fully saturated rings. The zero-order valence-electron chi connectivity index (χ0n) is 18.7. The predicted molar refractivity (Wildman–Crippen MR) is 120 cm³/mol. The summed E-state index contributed by atoms with van der Waals surface area (Å²) in [5.41, 5.74) is 0.260. The number of carbonyl (C=O) groups is 1. The first-order valence-electron chi connectivity index (χ1n) is 10.7. The largest absolute Gasteiger partial charge is 0.497 e. The van der Waals surface area contributed by atoms with Gasteiger partial charge in [-0.15, -0.1) is 5.10 Å². The van der Waals surface area contributed by atoms with Gasteiger partial charge in [-0.05, 0) is 36.4 Å². The number of halogens is 3. The Hall–Kier alpha value is -4.61. The Morgan fingerprint density at radius 1 is 1.03 bits per heavy atom. The van der Waals surface area contributed by atoms with Crippen LogP contribution in [0.3, 0.4) is 0 Å². The van der Waals surface area contributed by atoms with Crippen LogP contribution in [-0.4, -0.2) is 40.8 Å². The second-order valence-electron chi connectivity index (χ2n) is 7.81. The molecule has 1 aliphatic rings. The summed E-state index contributed by atoms with van der Waals surface area (Å²) in [6, 6.07) is 9.98. The van der Waals surface area contributed by atoms with E-state index in [0.29, 0.717) is 11.3 Å². The van der Waals surface area contributed by atoms with Crippen molar-refractivity contribution in [1.82, 2.24) is 20.5 Å². The van der Waals surface area contributed by atoms with Crippen LogP contribution < -0.4 is 20.1 Å². The number of hydrogen-bond donors (Lipinski definition) is 2. The van der Waals surface area contributed by atoms with Crippen LogP contribution in [0.15, 0.2) is 59.1 Å². The quantitative estimate of drug-likeness (QED) is 0.394. The summed E-state index contributed by atoms with van der Waals surface area (Å²) >= 11 is 0. The molecule has 5 rings (SSSR count). The predicted octanol–water partition coefficient (Wildman–Crippen LogP) is 4.04. The van der Waals surface area contributed by atoms with E-state index in [1.54, 1.807) is 24.3 Å². The van der Waals surface area contributed by atoms with Gasteiger partial charge in [0, 0.05) is 41.9 Å². The molecule has 2 aromatic carbocycles. The highest BCUT2D eigenvalue weighted by molar-refractivity contribution is 5.88. The number of benzene rings is 2. The summed E-state index contributed by atoms with van der Waals surface area (Å²) in [4.78, 5) is 16.2. The maximum Gasteiger partial charge on any atom is 0.316 e. The summed E-state index contributed by atoms with van der Waals surface area (Å²) in [5, 5.41) is 13.2. The van der Waals surface area contributed by atoms with E-state index in [-0.39, 0.29) is 35.6 Å². The highest BCUT2D eigenvalue weighted by Crippen LogP contribution is 2.33. The Balaban J connectivity index is 1.32. The van der Waals surface area contributed by atoms with Crippen molar-refractivity contribution in [2.75, 3.05) is 19.0 Å². The molecule has 12 heteroatoms. The fourth-order valence-electron chi connectivity index (χ4n) is 3.84. The molecule has 0 bridgehead atoms. The van der Waals surface area contributed by atoms with E-state index in [0.717, 1.165) is 12.1 Å². The average molecular weight is 497 g/mol. The van der Waals surface area contributed by atoms with Crippen LogP contribution in [0.2, 0.25) is 0 Å². The molecule has 3 heterocycles. The molecule has 2 N–H and O–H groups in total. The zero-order chi connectivity index (χ0) is 25.2. The van der Waals surface area contributed by atoms with Crippen molar-refractivity contribution in [2.24, 2.45) is 0 Å². The Kier molecular flexibility index (Phi) is 6.15. The van der Waals surface area contributed by atoms with Crippen molar-refractivity contribution < 1.29 is 31.9 Å². The Bertz CT molecular complexity index is 1390. The lowest BCUT2D eigenvalue weighted by atomic mass is 9.93. The third-order valence-corrected chi connectivity index (χ3v) is 5.58.